The molecule has 2 atom stereocenters. The number of urea groups is 1. The fourth-order valence-electron chi connectivity index (χ4n) is 5.54. The van der Waals surface area contributed by atoms with Crippen LogP contribution in [0.25, 0.3) is 0 Å². The summed E-state index contributed by atoms with van der Waals surface area (Å²) in [5.74, 6) is -0.102. The molecule has 1 spiro atoms. The second-order valence-electron chi connectivity index (χ2n) is 9.33. The average molecular weight is 498 g/mol. The Morgan fingerprint density at radius 3 is 2.63 bits per heavy atom. The number of amides is 3. The molecule has 192 valence electrons. The van der Waals surface area contributed by atoms with Gasteiger partial charge < -0.3 is 14.4 Å². The number of ether oxygens (including phenoxy) is 2. The van der Waals surface area contributed by atoms with Gasteiger partial charge in [-0.1, -0.05) is 12.1 Å². The molecule has 1 aromatic carbocycles. The highest BCUT2D eigenvalue weighted by Gasteiger charge is 2.63. The summed E-state index contributed by atoms with van der Waals surface area (Å²) >= 11 is 0. The molecule has 0 aromatic heterocycles. The molecule has 3 aliphatic rings. The molecule has 0 bridgehead atoms. The van der Waals surface area contributed by atoms with Crippen molar-refractivity contribution in [3.63, 3.8) is 0 Å². The van der Waals surface area contributed by atoms with Gasteiger partial charge in [0.1, 0.15) is 6.10 Å². The van der Waals surface area contributed by atoms with Crippen LogP contribution in [-0.2, 0) is 31.8 Å². The zero-order valence-electron chi connectivity index (χ0n) is 19.6. The number of rotatable bonds is 7. The van der Waals surface area contributed by atoms with Crippen LogP contribution in [0.15, 0.2) is 24.3 Å². The zero-order valence-corrected chi connectivity index (χ0v) is 19.6. The Labute approximate surface area is 201 Å². The van der Waals surface area contributed by atoms with Gasteiger partial charge in [0.05, 0.1) is 12.1 Å². The number of piperidine rings is 1. The highest BCUT2D eigenvalue weighted by atomic mass is 19.4. The first-order valence-electron chi connectivity index (χ1n) is 11.9. The van der Waals surface area contributed by atoms with Crippen LogP contribution in [-0.4, -0.2) is 84.1 Å². The minimum Gasteiger partial charge on any atom is -0.460 e. The minimum atomic E-state index is -4.54. The number of hydrogen-bond donors (Lipinski definition) is 0. The van der Waals surface area contributed by atoms with Crippen LogP contribution >= 0.6 is 0 Å². The summed E-state index contributed by atoms with van der Waals surface area (Å²) in [6, 6.07) is 4.00. The van der Waals surface area contributed by atoms with Crippen LogP contribution in [0, 0.1) is 5.92 Å². The van der Waals surface area contributed by atoms with Crippen LogP contribution in [0.3, 0.4) is 0 Å². The Morgan fingerprint density at radius 1 is 1.23 bits per heavy atom. The summed E-state index contributed by atoms with van der Waals surface area (Å²) < 4.78 is 50.3. The molecule has 2 unspecified atom stereocenters. The maximum atomic E-state index is 13.7. The lowest BCUT2D eigenvalue weighted by molar-refractivity contribution is -0.157. The SMILES string of the molecule is CCN1C(=O)N(Cc2cccc(C(F)(F)F)c2)C(=O)C12CCN(CC1CCOCC1)CC2OC=O. The molecule has 8 nitrogen and oxygen atoms in total. The van der Waals surface area contributed by atoms with Crippen LogP contribution in [0.4, 0.5) is 18.0 Å². The Kier molecular flexibility index (Phi) is 7.37. The number of benzene rings is 1. The second-order valence-corrected chi connectivity index (χ2v) is 9.33. The lowest BCUT2D eigenvalue weighted by Gasteiger charge is -2.47. The average Bonchev–Trinajstić information content (AvgIpc) is 3.03. The number of carbonyl (C=O) groups is 3. The molecule has 3 aliphatic heterocycles. The summed E-state index contributed by atoms with van der Waals surface area (Å²) in [4.78, 5) is 43.0. The van der Waals surface area contributed by atoms with Gasteiger partial charge in [-0.3, -0.25) is 19.4 Å². The van der Waals surface area contributed by atoms with Crippen molar-refractivity contribution in [2.45, 2.75) is 50.6 Å². The van der Waals surface area contributed by atoms with Crippen LogP contribution < -0.4 is 0 Å². The predicted octanol–water partition coefficient (Wildman–Crippen LogP) is 2.90. The van der Waals surface area contributed by atoms with E-state index in [4.69, 9.17) is 9.47 Å². The summed E-state index contributed by atoms with van der Waals surface area (Å²) in [5, 5.41) is 0. The minimum absolute atomic E-state index is 0.194. The molecule has 3 amide bonds. The zero-order chi connectivity index (χ0) is 25.2. The van der Waals surface area contributed by atoms with Crippen LogP contribution in [0.5, 0.6) is 0 Å². The third kappa shape index (κ3) is 4.88. The highest BCUT2D eigenvalue weighted by molar-refractivity contribution is 6.07. The van der Waals surface area contributed by atoms with Crippen molar-refractivity contribution >= 4 is 18.4 Å². The van der Waals surface area contributed by atoms with Crippen molar-refractivity contribution in [2.75, 3.05) is 39.4 Å². The van der Waals surface area contributed by atoms with Crippen LogP contribution in [0.1, 0.15) is 37.3 Å². The maximum absolute atomic E-state index is 13.7. The standard InChI is InChI=1S/C24H30F3N3O5/c1-2-30-22(33)29(14-18-4-3-5-19(12-18)24(25,26)27)21(32)23(30)8-9-28(15-20(23)35-16-31)13-17-6-10-34-11-7-17/h3-5,12,16-17,20H,2,6-11,13-15H2,1H3. The van der Waals surface area contributed by atoms with Gasteiger partial charge >= 0.3 is 12.2 Å². The lowest BCUT2D eigenvalue weighted by Crippen LogP contribution is -2.66. The Balaban J connectivity index is 1.57. The third-order valence-electron chi connectivity index (χ3n) is 7.31. The summed E-state index contributed by atoms with van der Waals surface area (Å²) in [6.45, 7) is 4.95. The molecule has 1 aromatic rings. The fraction of sp³-hybridized carbons (Fsp3) is 0.625. The number of likely N-dealkylation sites (tertiary alicyclic amines) is 1. The van der Waals surface area contributed by atoms with Gasteiger partial charge in [0.2, 0.25) is 0 Å². The Hall–Kier alpha value is -2.66. The molecule has 0 saturated carbocycles. The molecule has 0 radical (unpaired) electrons. The number of carbonyl (C=O) groups excluding carboxylic acids is 3. The van der Waals surface area contributed by atoms with Crippen molar-refractivity contribution in [1.29, 1.82) is 0 Å². The molecule has 3 heterocycles. The molecule has 11 heteroatoms. The number of imide groups is 1. The first kappa shape index (κ1) is 25.4. The van der Waals surface area contributed by atoms with E-state index in [1.54, 1.807) is 6.92 Å². The van der Waals surface area contributed by atoms with E-state index in [0.717, 1.165) is 36.4 Å². The van der Waals surface area contributed by atoms with Gasteiger partial charge in [-0.2, -0.15) is 13.2 Å². The van der Waals surface area contributed by atoms with Crippen molar-refractivity contribution in [2.24, 2.45) is 5.92 Å². The van der Waals surface area contributed by atoms with E-state index in [0.29, 0.717) is 38.7 Å². The molecule has 3 saturated heterocycles. The molecular formula is C24H30F3N3O5. The van der Waals surface area contributed by atoms with E-state index in [9.17, 15) is 27.6 Å². The van der Waals surface area contributed by atoms with Crippen molar-refractivity contribution < 1.29 is 37.0 Å². The van der Waals surface area contributed by atoms with Crippen LogP contribution in [0.2, 0.25) is 0 Å². The van der Waals surface area contributed by atoms with E-state index in [1.807, 2.05) is 0 Å². The largest absolute Gasteiger partial charge is 0.460 e. The summed E-state index contributed by atoms with van der Waals surface area (Å²) in [7, 11) is 0. The highest BCUT2D eigenvalue weighted by Crippen LogP contribution is 2.40. The maximum Gasteiger partial charge on any atom is 0.416 e. The molecule has 35 heavy (non-hydrogen) atoms. The number of nitrogens with zero attached hydrogens (tertiary/aromatic N) is 3. The van der Waals surface area contributed by atoms with E-state index >= 15 is 0 Å². The van der Waals surface area contributed by atoms with Gasteiger partial charge in [0, 0.05) is 39.4 Å². The molecule has 3 fully saturated rings. The summed E-state index contributed by atoms with van der Waals surface area (Å²) in [6.07, 6.45) is -3.27. The number of likely N-dealkylation sites (N-methyl/N-ethyl adjacent to an activating group) is 1. The molecular weight excluding hydrogens is 467 g/mol. The number of halogens is 3. The van der Waals surface area contributed by atoms with Crippen molar-refractivity contribution in [1.82, 2.24) is 14.7 Å². The van der Waals surface area contributed by atoms with Gasteiger partial charge in [-0.15, -0.1) is 0 Å². The topological polar surface area (TPSA) is 79.4 Å². The van der Waals surface area contributed by atoms with Gasteiger partial charge in [0.25, 0.3) is 12.4 Å². The Morgan fingerprint density at radius 2 is 1.97 bits per heavy atom. The quantitative estimate of drug-likeness (QED) is 0.426. The van der Waals surface area contributed by atoms with E-state index < -0.39 is 35.3 Å². The first-order valence-corrected chi connectivity index (χ1v) is 11.9. The summed E-state index contributed by atoms with van der Waals surface area (Å²) in [5.41, 5.74) is -2.03. The molecule has 0 aliphatic carbocycles. The molecule has 0 N–H and O–H groups in total. The predicted molar refractivity (Wildman–Crippen MR) is 118 cm³/mol. The second kappa shape index (κ2) is 10.1. The lowest BCUT2D eigenvalue weighted by atomic mass is 9.82. The van der Waals surface area contributed by atoms with Gasteiger partial charge in [-0.05, 0) is 49.8 Å². The monoisotopic (exact) mass is 497 g/mol. The molecule has 4 rings (SSSR count). The van der Waals surface area contributed by atoms with E-state index in [-0.39, 0.29) is 25.1 Å². The van der Waals surface area contributed by atoms with Crippen molar-refractivity contribution in [3.8, 4) is 0 Å². The van der Waals surface area contributed by atoms with Crippen molar-refractivity contribution in [3.05, 3.63) is 35.4 Å². The first-order chi connectivity index (χ1) is 16.7. The Bertz CT molecular complexity index is 953. The van der Waals surface area contributed by atoms with E-state index in [2.05, 4.69) is 4.90 Å². The number of alkyl halides is 3. The van der Waals surface area contributed by atoms with Gasteiger partial charge in [-0.25, -0.2) is 4.79 Å². The smallest absolute Gasteiger partial charge is 0.416 e. The third-order valence-corrected chi connectivity index (χ3v) is 7.31. The fourth-order valence-corrected chi connectivity index (χ4v) is 5.54. The normalized spacial score (nSPS) is 26.6. The van der Waals surface area contributed by atoms with Gasteiger partial charge in [0.15, 0.2) is 5.54 Å². The number of hydrogen-bond acceptors (Lipinski definition) is 6. The van der Waals surface area contributed by atoms with E-state index in [1.165, 1.54) is 17.0 Å².